The van der Waals surface area contributed by atoms with Gasteiger partial charge in [0.15, 0.2) is 0 Å². The zero-order valence-electron chi connectivity index (χ0n) is 10.5. The van der Waals surface area contributed by atoms with Gasteiger partial charge in [-0.25, -0.2) is 0 Å². The van der Waals surface area contributed by atoms with Crippen LogP contribution in [0, 0.1) is 10.1 Å². The number of benzene rings is 1. The molecule has 0 aromatic heterocycles. The fourth-order valence-electron chi connectivity index (χ4n) is 1.36. The molecule has 0 spiro atoms. The summed E-state index contributed by atoms with van der Waals surface area (Å²) in [6.45, 7) is 1.99. The van der Waals surface area contributed by atoms with Crippen LogP contribution in [0.15, 0.2) is 12.1 Å². The van der Waals surface area contributed by atoms with E-state index in [1.165, 1.54) is 6.07 Å². The minimum absolute atomic E-state index is 0.0355. The van der Waals surface area contributed by atoms with Crippen molar-refractivity contribution in [3.63, 3.8) is 0 Å². The first-order chi connectivity index (χ1) is 9.36. The van der Waals surface area contributed by atoms with E-state index < -0.39 is 27.3 Å². The predicted octanol–water partition coefficient (Wildman–Crippen LogP) is 2.40. The van der Waals surface area contributed by atoms with Gasteiger partial charge in [-0.1, -0.05) is 30.1 Å². The lowest BCUT2D eigenvalue weighted by molar-refractivity contribution is -0.384. The van der Waals surface area contributed by atoms with Gasteiger partial charge in [0, 0.05) is 40.5 Å². The molecule has 1 aromatic rings. The second kappa shape index (κ2) is 7.56. The van der Waals surface area contributed by atoms with E-state index in [-0.39, 0.29) is 22.2 Å². The Bertz CT molecular complexity index is 566. The highest BCUT2D eigenvalue weighted by Gasteiger charge is 2.19. The second-order valence-electron chi connectivity index (χ2n) is 3.74. The number of carbonyl (C=O) groups is 1. The summed E-state index contributed by atoms with van der Waals surface area (Å²) in [4.78, 5) is 21.9. The molecule has 1 aromatic carbocycles. The maximum absolute atomic E-state index is 11.8. The summed E-state index contributed by atoms with van der Waals surface area (Å²) < 4.78 is 11.2. The second-order valence-corrected chi connectivity index (χ2v) is 6.39. The molecule has 9 heteroatoms. The standard InChI is InChI=1S/C11H12Cl2N2O4S/c1-2-20(19)4-3-14-11(16)7-5-8(12)10(13)9(6-7)15(17)18/h5-6H,2-4H2,1H3,(H,14,16). The molecular formula is C11H12Cl2N2O4S. The van der Waals surface area contributed by atoms with Crippen LogP contribution in [0.1, 0.15) is 17.3 Å². The molecule has 1 atom stereocenters. The van der Waals surface area contributed by atoms with Gasteiger partial charge < -0.3 is 5.32 Å². The van der Waals surface area contributed by atoms with Crippen molar-refractivity contribution in [1.82, 2.24) is 5.32 Å². The van der Waals surface area contributed by atoms with Crippen molar-refractivity contribution >= 4 is 45.6 Å². The SMILES string of the molecule is CCS(=O)CCNC(=O)c1cc(Cl)c(Cl)c([N+](=O)[O-])c1. The molecule has 0 aliphatic heterocycles. The summed E-state index contributed by atoms with van der Waals surface area (Å²) in [5.74, 6) is 0.305. The summed E-state index contributed by atoms with van der Waals surface area (Å²) in [6.07, 6.45) is 0. The van der Waals surface area contributed by atoms with Gasteiger partial charge in [0.1, 0.15) is 5.02 Å². The number of nitrogens with one attached hydrogen (secondary N) is 1. The first kappa shape index (κ1) is 16.9. The van der Waals surface area contributed by atoms with Gasteiger partial charge in [-0.05, 0) is 6.07 Å². The van der Waals surface area contributed by atoms with Crippen molar-refractivity contribution in [2.45, 2.75) is 6.92 Å². The Balaban J connectivity index is 2.83. The van der Waals surface area contributed by atoms with Crippen molar-refractivity contribution < 1.29 is 13.9 Å². The molecule has 1 unspecified atom stereocenters. The molecule has 0 aliphatic rings. The van der Waals surface area contributed by atoms with Crippen molar-refractivity contribution in [2.24, 2.45) is 0 Å². The molecule has 1 rings (SSSR count). The number of halogens is 2. The Morgan fingerprint density at radius 1 is 1.45 bits per heavy atom. The van der Waals surface area contributed by atoms with E-state index in [0.29, 0.717) is 11.5 Å². The van der Waals surface area contributed by atoms with Crippen molar-refractivity contribution in [3.05, 3.63) is 37.9 Å². The van der Waals surface area contributed by atoms with E-state index in [0.717, 1.165) is 6.07 Å². The number of nitro benzene ring substituents is 1. The van der Waals surface area contributed by atoms with Crippen LogP contribution in [-0.2, 0) is 10.8 Å². The summed E-state index contributed by atoms with van der Waals surface area (Å²) >= 11 is 11.4. The van der Waals surface area contributed by atoms with Gasteiger partial charge in [0.05, 0.1) is 9.95 Å². The first-order valence-electron chi connectivity index (χ1n) is 5.63. The van der Waals surface area contributed by atoms with Crippen molar-refractivity contribution in [2.75, 3.05) is 18.1 Å². The number of nitro groups is 1. The van der Waals surface area contributed by atoms with Gasteiger partial charge in [-0.2, -0.15) is 0 Å². The molecule has 1 N–H and O–H groups in total. The Morgan fingerprint density at radius 2 is 2.10 bits per heavy atom. The minimum atomic E-state index is -0.990. The number of nitrogens with zero attached hydrogens (tertiary/aromatic N) is 1. The molecule has 0 aliphatic carbocycles. The Morgan fingerprint density at radius 3 is 2.65 bits per heavy atom. The van der Waals surface area contributed by atoms with E-state index in [2.05, 4.69) is 5.32 Å². The first-order valence-corrected chi connectivity index (χ1v) is 7.87. The Kier molecular flexibility index (Phi) is 6.38. The third-order valence-electron chi connectivity index (χ3n) is 2.41. The highest BCUT2D eigenvalue weighted by Crippen LogP contribution is 2.32. The fraction of sp³-hybridized carbons (Fsp3) is 0.364. The van der Waals surface area contributed by atoms with Gasteiger partial charge in [0.2, 0.25) is 0 Å². The number of hydrogen-bond donors (Lipinski definition) is 1. The smallest absolute Gasteiger partial charge is 0.290 e. The molecule has 20 heavy (non-hydrogen) atoms. The number of amides is 1. The highest BCUT2D eigenvalue weighted by atomic mass is 35.5. The van der Waals surface area contributed by atoms with E-state index in [9.17, 15) is 19.1 Å². The van der Waals surface area contributed by atoms with Crippen LogP contribution < -0.4 is 5.32 Å². The maximum Gasteiger partial charge on any atom is 0.290 e. The van der Waals surface area contributed by atoms with Gasteiger partial charge in [-0.3, -0.25) is 19.1 Å². The largest absolute Gasteiger partial charge is 0.351 e. The topological polar surface area (TPSA) is 89.3 Å². The molecule has 0 bridgehead atoms. The highest BCUT2D eigenvalue weighted by molar-refractivity contribution is 7.84. The summed E-state index contributed by atoms with van der Waals surface area (Å²) in [7, 11) is -0.990. The number of rotatable bonds is 6. The molecule has 0 heterocycles. The van der Waals surface area contributed by atoms with E-state index >= 15 is 0 Å². The Labute approximate surface area is 128 Å². The van der Waals surface area contributed by atoms with Gasteiger partial charge >= 0.3 is 0 Å². The normalized spacial score (nSPS) is 11.9. The molecule has 0 saturated carbocycles. The van der Waals surface area contributed by atoms with E-state index in [1.807, 2.05) is 0 Å². The third kappa shape index (κ3) is 4.43. The number of hydrogen-bond acceptors (Lipinski definition) is 4. The minimum Gasteiger partial charge on any atom is -0.351 e. The van der Waals surface area contributed by atoms with E-state index in [1.54, 1.807) is 6.92 Å². The quantitative estimate of drug-likeness (QED) is 0.637. The summed E-state index contributed by atoms with van der Waals surface area (Å²) in [5, 5.41) is 13.0. The average molecular weight is 339 g/mol. The summed E-state index contributed by atoms with van der Waals surface area (Å²) in [6, 6.07) is 2.31. The molecule has 0 saturated heterocycles. The van der Waals surface area contributed by atoms with Crippen molar-refractivity contribution in [1.29, 1.82) is 0 Å². The maximum atomic E-state index is 11.8. The monoisotopic (exact) mass is 338 g/mol. The number of carbonyl (C=O) groups excluding carboxylic acids is 1. The van der Waals surface area contributed by atoms with Gasteiger partial charge in [0.25, 0.3) is 11.6 Å². The van der Waals surface area contributed by atoms with E-state index in [4.69, 9.17) is 23.2 Å². The van der Waals surface area contributed by atoms with Crippen molar-refractivity contribution in [3.8, 4) is 0 Å². The molecule has 0 fully saturated rings. The summed E-state index contributed by atoms with van der Waals surface area (Å²) in [5.41, 5.74) is -0.394. The predicted molar refractivity (Wildman–Crippen MR) is 79.0 cm³/mol. The van der Waals surface area contributed by atoms with Crippen LogP contribution in [0.3, 0.4) is 0 Å². The van der Waals surface area contributed by atoms with Crippen LogP contribution in [0.5, 0.6) is 0 Å². The average Bonchev–Trinajstić information content (AvgIpc) is 2.40. The molecular weight excluding hydrogens is 327 g/mol. The third-order valence-corrected chi connectivity index (χ3v) is 4.50. The van der Waals surface area contributed by atoms with Crippen LogP contribution in [0.4, 0.5) is 5.69 Å². The van der Waals surface area contributed by atoms with Crippen LogP contribution in [-0.4, -0.2) is 33.1 Å². The molecule has 1 amide bonds. The Hall–Kier alpha value is -1.18. The van der Waals surface area contributed by atoms with Crippen LogP contribution in [0.25, 0.3) is 0 Å². The molecule has 6 nitrogen and oxygen atoms in total. The molecule has 0 radical (unpaired) electrons. The molecule has 110 valence electrons. The van der Waals surface area contributed by atoms with Crippen LogP contribution >= 0.6 is 23.2 Å². The zero-order valence-corrected chi connectivity index (χ0v) is 12.8. The lowest BCUT2D eigenvalue weighted by Crippen LogP contribution is -2.28. The van der Waals surface area contributed by atoms with Gasteiger partial charge in [-0.15, -0.1) is 0 Å². The lowest BCUT2D eigenvalue weighted by atomic mass is 10.2. The lowest BCUT2D eigenvalue weighted by Gasteiger charge is -2.06. The fourth-order valence-corrected chi connectivity index (χ4v) is 2.37. The van der Waals surface area contributed by atoms with Crippen LogP contribution in [0.2, 0.25) is 10.0 Å². The zero-order chi connectivity index (χ0) is 15.3.